The Morgan fingerprint density at radius 1 is 1.14 bits per heavy atom. The summed E-state index contributed by atoms with van der Waals surface area (Å²) in [7, 11) is -4.19. The molecule has 0 aliphatic carbocycles. The molecule has 190 valence electrons. The number of nitrogens with zero attached hydrogens (tertiary/aromatic N) is 2. The lowest BCUT2D eigenvalue weighted by molar-refractivity contribution is -0.139. The summed E-state index contributed by atoms with van der Waals surface area (Å²) in [5, 5.41) is 8.99. The molecule has 1 amide bonds. The SMILES string of the molecule is CC1CN(C(=O)COc2ccc(Cl)cc2NS(=O)(=O)CC(=O)O)C(C)CN1Cc1ccc(F)cc1. The second kappa shape index (κ2) is 11.2. The number of hydrogen-bond donors (Lipinski definition) is 2. The maximum atomic E-state index is 13.2. The van der Waals surface area contributed by atoms with Crippen LogP contribution in [0, 0.1) is 5.82 Å². The molecule has 1 aliphatic rings. The van der Waals surface area contributed by atoms with Crippen LogP contribution >= 0.6 is 11.6 Å². The maximum Gasteiger partial charge on any atom is 0.320 e. The average molecular weight is 528 g/mol. The van der Waals surface area contributed by atoms with E-state index < -0.39 is 21.7 Å². The van der Waals surface area contributed by atoms with Crippen molar-refractivity contribution in [3.63, 3.8) is 0 Å². The summed E-state index contributed by atoms with van der Waals surface area (Å²) >= 11 is 5.95. The van der Waals surface area contributed by atoms with Gasteiger partial charge in [-0.2, -0.15) is 0 Å². The molecule has 0 bridgehead atoms. The molecule has 1 fully saturated rings. The lowest BCUT2D eigenvalue weighted by Crippen LogP contribution is -2.58. The number of carboxylic acids is 1. The number of halogens is 2. The normalized spacial score (nSPS) is 18.8. The number of piperazine rings is 1. The van der Waals surface area contributed by atoms with Crippen LogP contribution in [0.5, 0.6) is 5.75 Å². The molecule has 2 atom stereocenters. The van der Waals surface area contributed by atoms with Crippen LogP contribution < -0.4 is 9.46 Å². The summed E-state index contributed by atoms with van der Waals surface area (Å²) in [6.45, 7) is 5.30. The third kappa shape index (κ3) is 7.55. The highest BCUT2D eigenvalue weighted by atomic mass is 35.5. The molecule has 2 aromatic carbocycles. The number of carbonyl (C=O) groups is 2. The zero-order valence-corrected chi connectivity index (χ0v) is 20.9. The molecule has 1 heterocycles. The standard InChI is InChI=1S/C23H27ClFN3O6S/c1-15-11-28(16(2)10-27(15)12-17-3-6-19(25)7-4-17)22(29)13-34-21-8-5-18(24)9-20(21)26-35(32,33)14-23(30)31/h3-9,15-16,26H,10-14H2,1-2H3,(H,30,31). The molecule has 1 aliphatic heterocycles. The quantitative estimate of drug-likeness (QED) is 0.515. The molecule has 1 saturated heterocycles. The number of hydrogen-bond acceptors (Lipinski definition) is 6. The third-order valence-corrected chi connectivity index (χ3v) is 7.00. The van der Waals surface area contributed by atoms with Crippen molar-refractivity contribution in [3.8, 4) is 5.75 Å². The van der Waals surface area contributed by atoms with Gasteiger partial charge in [-0.15, -0.1) is 0 Å². The van der Waals surface area contributed by atoms with Gasteiger partial charge in [0.25, 0.3) is 5.91 Å². The van der Waals surface area contributed by atoms with Gasteiger partial charge in [0.2, 0.25) is 10.0 Å². The topological polar surface area (TPSA) is 116 Å². The van der Waals surface area contributed by atoms with Gasteiger partial charge in [0, 0.05) is 36.7 Å². The summed E-state index contributed by atoms with van der Waals surface area (Å²) in [4.78, 5) is 27.7. The van der Waals surface area contributed by atoms with Crippen molar-refractivity contribution in [3.05, 3.63) is 58.9 Å². The first-order valence-electron chi connectivity index (χ1n) is 10.9. The Balaban J connectivity index is 1.62. The monoisotopic (exact) mass is 527 g/mol. The Labute approximate surface area is 208 Å². The maximum absolute atomic E-state index is 13.2. The van der Waals surface area contributed by atoms with Crippen molar-refractivity contribution in [1.82, 2.24) is 9.80 Å². The fraction of sp³-hybridized carbons (Fsp3) is 0.391. The number of nitrogens with one attached hydrogen (secondary N) is 1. The van der Waals surface area contributed by atoms with E-state index >= 15 is 0 Å². The number of carboxylic acid groups (broad SMARTS) is 1. The molecule has 0 saturated carbocycles. The van der Waals surface area contributed by atoms with Crippen molar-refractivity contribution in [2.75, 3.05) is 30.2 Å². The van der Waals surface area contributed by atoms with Crippen molar-refractivity contribution in [1.29, 1.82) is 0 Å². The molecule has 2 aromatic rings. The van der Waals surface area contributed by atoms with E-state index in [9.17, 15) is 22.4 Å². The minimum Gasteiger partial charge on any atom is -0.482 e. The van der Waals surface area contributed by atoms with E-state index in [0.29, 0.717) is 19.6 Å². The van der Waals surface area contributed by atoms with Crippen LogP contribution in [-0.4, -0.2) is 72.7 Å². The van der Waals surface area contributed by atoms with E-state index in [-0.39, 0.29) is 46.9 Å². The van der Waals surface area contributed by atoms with Crippen LogP contribution in [0.4, 0.5) is 10.1 Å². The zero-order valence-electron chi connectivity index (χ0n) is 19.3. The fourth-order valence-corrected chi connectivity index (χ4v) is 4.95. The lowest BCUT2D eigenvalue weighted by atomic mass is 10.1. The van der Waals surface area contributed by atoms with Gasteiger partial charge < -0.3 is 14.7 Å². The zero-order chi connectivity index (χ0) is 25.8. The molecule has 2 N–H and O–H groups in total. The second-order valence-electron chi connectivity index (χ2n) is 8.48. The number of benzene rings is 2. The van der Waals surface area contributed by atoms with E-state index in [0.717, 1.165) is 5.56 Å². The molecule has 2 unspecified atom stereocenters. The molecule has 3 rings (SSSR count). The number of sulfonamides is 1. The Morgan fingerprint density at radius 3 is 2.49 bits per heavy atom. The van der Waals surface area contributed by atoms with Crippen LogP contribution in [0.25, 0.3) is 0 Å². The fourth-order valence-electron chi connectivity index (χ4n) is 3.89. The summed E-state index contributed by atoms with van der Waals surface area (Å²) in [6, 6.07) is 10.4. The average Bonchev–Trinajstić information content (AvgIpc) is 2.75. The van der Waals surface area contributed by atoms with Crippen molar-refractivity contribution >= 4 is 39.2 Å². The van der Waals surface area contributed by atoms with E-state index in [1.54, 1.807) is 17.0 Å². The van der Waals surface area contributed by atoms with Crippen molar-refractivity contribution in [2.45, 2.75) is 32.5 Å². The Hall–Kier alpha value is -2.89. The molecule has 9 nitrogen and oxygen atoms in total. The molecule has 0 spiro atoms. The number of amides is 1. The molecule has 35 heavy (non-hydrogen) atoms. The number of rotatable bonds is 9. The van der Waals surface area contributed by atoms with Crippen LogP contribution in [0.2, 0.25) is 5.02 Å². The third-order valence-electron chi connectivity index (χ3n) is 5.61. The molecule has 12 heteroatoms. The Bertz CT molecular complexity index is 1180. The summed E-state index contributed by atoms with van der Waals surface area (Å²) in [6.07, 6.45) is 0. The molecule has 0 aromatic heterocycles. The number of anilines is 1. The molecule has 0 radical (unpaired) electrons. The highest BCUT2D eigenvalue weighted by molar-refractivity contribution is 7.93. The van der Waals surface area contributed by atoms with E-state index in [4.69, 9.17) is 21.4 Å². The van der Waals surface area contributed by atoms with Crippen molar-refractivity contribution < 1.29 is 32.2 Å². The van der Waals surface area contributed by atoms with Gasteiger partial charge in [-0.25, -0.2) is 12.8 Å². The van der Waals surface area contributed by atoms with Gasteiger partial charge >= 0.3 is 5.97 Å². The Kier molecular flexibility index (Phi) is 8.57. The summed E-state index contributed by atoms with van der Waals surface area (Å²) in [5.41, 5.74) is 0.922. The largest absolute Gasteiger partial charge is 0.482 e. The van der Waals surface area contributed by atoms with Crippen LogP contribution in [0.1, 0.15) is 19.4 Å². The lowest BCUT2D eigenvalue weighted by Gasteiger charge is -2.44. The highest BCUT2D eigenvalue weighted by Gasteiger charge is 2.32. The van der Waals surface area contributed by atoms with Gasteiger partial charge in [-0.3, -0.25) is 19.2 Å². The number of carbonyl (C=O) groups excluding carboxylic acids is 1. The van der Waals surface area contributed by atoms with Gasteiger partial charge in [0.05, 0.1) is 5.69 Å². The minimum absolute atomic E-state index is 0.0485. The molecular formula is C23H27ClFN3O6S. The van der Waals surface area contributed by atoms with Crippen LogP contribution in [-0.2, 0) is 26.2 Å². The van der Waals surface area contributed by atoms with E-state index in [1.807, 2.05) is 13.8 Å². The summed E-state index contributed by atoms with van der Waals surface area (Å²) < 4.78 is 45.0. The van der Waals surface area contributed by atoms with Gasteiger partial charge in [0.15, 0.2) is 12.4 Å². The van der Waals surface area contributed by atoms with Crippen LogP contribution in [0.15, 0.2) is 42.5 Å². The number of aliphatic carboxylic acids is 1. The highest BCUT2D eigenvalue weighted by Crippen LogP contribution is 2.29. The first kappa shape index (κ1) is 26.7. The van der Waals surface area contributed by atoms with Gasteiger partial charge in [-0.05, 0) is 49.7 Å². The smallest absolute Gasteiger partial charge is 0.320 e. The predicted molar refractivity (Wildman–Crippen MR) is 129 cm³/mol. The van der Waals surface area contributed by atoms with E-state index in [2.05, 4.69) is 9.62 Å². The Morgan fingerprint density at radius 2 is 1.83 bits per heavy atom. The van der Waals surface area contributed by atoms with Gasteiger partial charge in [0.1, 0.15) is 11.6 Å². The minimum atomic E-state index is -4.19. The van der Waals surface area contributed by atoms with Crippen LogP contribution in [0.3, 0.4) is 0 Å². The predicted octanol–water partition coefficient (Wildman–Crippen LogP) is 2.81. The first-order valence-corrected chi connectivity index (χ1v) is 12.9. The van der Waals surface area contributed by atoms with Crippen molar-refractivity contribution in [2.24, 2.45) is 0 Å². The first-order chi connectivity index (χ1) is 16.4. The summed E-state index contributed by atoms with van der Waals surface area (Å²) in [5.74, 6) is -3.16. The van der Waals surface area contributed by atoms with Gasteiger partial charge in [-0.1, -0.05) is 23.7 Å². The second-order valence-corrected chi connectivity index (χ2v) is 10.6. The molecular weight excluding hydrogens is 501 g/mol. The number of ether oxygens (including phenoxy) is 1. The van der Waals surface area contributed by atoms with E-state index in [1.165, 1.54) is 30.3 Å².